The van der Waals surface area contributed by atoms with Crippen LogP contribution in [0, 0.1) is 0 Å². The zero-order valence-electron chi connectivity index (χ0n) is 13.8. The first kappa shape index (κ1) is 18.4. The lowest BCUT2D eigenvalue weighted by Crippen LogP contribution is -2.17. The van der Waals surface area contributed by atoms with Crippen LogP contribution in [0.5, 0.6) is 0 Å². The van der Waals surface area contributed by atoms with Crippen LogP contribution in [0.4, 0.5) is 5.69 Å². The number of benzene rings is 2. The monoisotopic (exact) mass is 348 g/mol. The molecule has 0 fully saturated rings. The van der Waals surface area contributed by atoms with Gasteiger partial charge >= 0.3 is 0 Å². The lowest BCUT2D eigenvalue weighted by atomic mass is 10.0. The van der Waals surface area contributed by atoms with Gasteiger partial charge in [0.05, 0.1) is 11.5 Å². The van der Waals surface area contributed by atoms with Crippen molar-refractivity contribution in [2.45, 2.75) is 37.7 Å². The van der Waals surface area contributed by atoms with Gasteiger partial charge in [0.2, 0.25) is 10.0 Å². The first-order chi connectivity index (χ1) is 11.5. The van der Waals surface area contributed by atoms with Gasteiger partial charge in [0.25, 0.3) is 0 Å². The number of anilines is 1. The van der Waals surface area contributed by atoms with Gasteiger partial charge in [-0.1, -0.05) is 43.7 Å². The molecule has 130 valence electrons. The number of nitrogens with two attached hydrogens (primary N) is 1. The summed E-state index contributed by atoms with van der Waals surface area (Å²) in [4.78, 5) is 0.0666. The number of unbranched alkanes of at least 4 members (excludes halogenated alkanes) is 1. The number of primary sulfonamides is 1. The van der Waals surface area contributed by atoms with Gasteiger partial charge in [-0.15, -0.1) is 0 Å². The maximum atomic E-state index is 12.1. The maximum absolute atomic E-state index is 12.1. The molecule has 0 saturated heterocycles. The van der Waals surface area contributed by atoms with E-state index in [1.807, 2.05) is 30.3 Å². The van der Waals surface area contributed by atoms with E-state index in [0.717, 1.165) is 24.9 Å². The molecule has 4 N–H and O–H groups in total. The third-order valence-corrected chi connectivity index (χ3v) is 4.80. The second-order valence-corrected chi connectivity index (χ2v) is 7.30. The normalized spacial score (nSPS) is 11.5. The summed E-state index contributed by atoms with van der Waals surface area (Å²) in [6.45, 7) is 2.58. The number of aliphatic hydroxyl groups excluding tert-OH is 1. The van der Waals surface area contributed by atoms with Crippen LogP contribution in [0.2, 0.25) is 0 Å². The van der Waals surface area contributed by atoms with Gasteiger partial charge in [-0.3, -0.25) is 0 Å². The Kier molecular flexibility index (Phi) is 6.36. The molecule has 0 aromatic heterocycles. The van der Waals surface area contributed by atoms with Crippen molar-refractivity contribution >= 4 is 15.7 Å². The number of nitrogens with one attached hydrogen (secondary N) is 1. The van der Waals surface area contributed by atoms with Gasteiger partial charge in [0, 0.05) is 18.7 Å². The van der Waals surface area contributed by atoms with Gasteiger partial charge < -0.3 is 10.4 Å². The summed E-state index contributed by atoms with van der Waals surface area (Å²) in [5.41, 5.74) is 2.87. The van der Waals surface area contributed by atoms with E-state index in [0.29, 0.717) is 23.2 Å². The largest absolute Gasteiger partial charge is 0.392 e. The molecule has 2 aromatic rings. The summed E-state index contributed by atoms with van der Waals surface area (Å²) in [5.74, 6) is 0. The Morgan fingerprint density at radius 3 is 2.42 bits per heavy atom. The highest BCUT2D eigenvalue weighted by Crippen LogP contribution is 2.28. The van der Waals surface area contributed by atoms with Crippen LogP contribution in [0.1, 0.15) is 36.5 Å². The average Bonchev–Trinajstić information content (AvgIpc) is 2.56. The summed E-state index contributed by atoms with van der Waals surface area (Å²) in [5, 5.41) is 18.2. The fourth-order valence-electron chi connectivity index (χ4n) is 2.59. The van der Waals surface area contributed by atoms with Crippen molar-refractivity contribution < 1.29 is 13.5 Å². The first-order valence-corrected chi connectivity index (χ1v) is 9.57. The quantitative estimate of drug-likeness (QED) is 0.639. The molecule has 0 bridgehead atoms. The topological polar surface area (TPSA) is 92.4 Å². The minimum absolute atomic E-state index is 0.0666. The molecule has 0 aliphatic rings. The van der Waals surface area contributed by atoms with E-state index in [4.69, 9.17) is 5.14 Å². The van der Waals surface area contributed by atoms with Crippen molar-refractivity contribution in [3.8, 4) is 0 Å². The van der Waals surface area contributed by atoms with E-state index >= 15 is 0 Å². The van der Waals surface area contributed by atoms with Crippen molar-refractivity contribution in [1.82, 2.24) is 0 Å². The minimum Gasteiger partial charge on any atom is -0.392 e. The predicted octanol–water partition coefficient (Wildman–Crippen LogP) is 2.63. The summed E-state index contributed by atoms with van der Waals surface area (Å²) in [7, 11) is -3.89. The van der Waals surface area contributed by atoms with Crippen LogP contribution in [0.25, 0.3) is 0 Å². The molecular weight excluding hydrogens is 324 g/mol. The summed E-state index contributed by atoms with van der Waals surface area (Å²) < 4.78 is 24.1. The van der Waals surface area contributed by atoms with Crippen LogP contribution < -0.4 is 10.5 Å². The van der Waals surface area contributed by atoms with E-state index in [1.165, 1.54) is 6.07 Å². The number of aliphatic hydroxyl groups is 1. The fourth-order valence-corrected chi connectivity index (χ4v) is 3.43. The van der Waals surface area contributed by atoms with Gasteiger partial charge in [-0.25, -0.2) is 13.6 Å². The Hall–Kier alpha value is -1.89. The standard InChI is InChI=1S/C18H24N2O3S/c1-2-3-9-20-17-11-15(13-21)12-18(24(19,22)23)16(17)10-14-7-5-4-6-8-14/h4-8,11-12,20-21H,2-3,9-10,13H2,1H3,(H2,19,22,23). The average molecular weight is 348 g/mol. The van der Waals surface area contributed by atoms with E-state index in [2.05, 4.69) is 12.2 Å². The summed E-state index contributed by atoms with van der Waals surface area (Å²) >= 11 is 0. The second-order valence-electron chi connectivity index (χ2n) is 5.77. The van der Waals surface area contributed by atoms with Gasteiger partial charge in [-0.2, -0.15) is 0 Å². The Labute approximate surface area is 143 Å². The number of rotatable bonds is 8. The second kappa shape index (κ2) is 8.28. The van der Waals surface area contributed by atoms with Crippen molar-refractivity contribution in [2.24, 2.45) is 5.14 Å². The molecule has 0 aliphatic carbocycles. The molecule has 0 saturated carbocycles. The Balaban J connectivity index is 2.53. The Morgan fingerprint density at radius 1 is 1.12 bits per heavy atom. The minimum atomic E-state index is -3.89. The van der Waals surface area contributed by atoms with E-state index in [1.54, 1.807) is 6.07 Å². The Morgan fingerprint density at radius 2 is 1.83 bits per heavy atom. The highest BCUT2D eigenvalue weighted by Gasteiger charge is 2.19. The van der Waals surface area contributed by atoms with E-state index < -0.39 is 10.0 Å². The third-order valence-electron chi connectivity index (χ3n) is 3.83. The van der Waals surface area contributed by atoms with Crippen molar-refractivity contribution in [3.63, 3.8) is 0 Å². The van der Waals surface area contributed by atoms with Crippen LogP contribution >= 0.6 is 0 Å². The molecule has 0 spiro atoms. The molecule has 0 amide bonds. The SMILES string of the molecule is CCCCNc1cc(CO)cc(S(N)(=O)=O)c1Cc1ccccc1. The zero-order chi connectivity index (χ0) is 17.6. The summed E-state index contributed by atoms with van der Waals surface area (Å²) in [6, 6.07) is 12.9. The lowest BCUT2D eigenvalue weighted by Gasteiger charge is -2.17. The molecule has 6 heteroatoms. The maximum Gasteiger partial charge on any atom is 0.238 e. The Bertz CT molecular complexity index is 774. The predicted molar refractivity (Wildman–Crippen MR) is 96.4 cm³/mol. The van der Waals surface area contributed by atoms with E-state index in [-0.39, 0.29) is 11.5 Å². The van der Waals surface area contributed by atoms with Crippen LogP contribution in [0.3, 0.4) is 0 Å². The number of sulfonamides is 1. The van der Waals surface area contributed by atoms with Crippen molar-refractivity contribution in [1.29, 1.82) is 0 Å². The summed E-state index contributed by atoms with van der Waals surface area (Å²) in [6.07, 6.45) is 2.45. The molecular formula is C18H24N2O3S. The molecule has 0 heterocycles. The van der Waals surface area contributed by atoms with Crippen LogP contribution in [-0.2, 0) is 23.1 Å². The molecule has 0 radical (unpaired) electrons. The molecule has 0 aliphatic heterocycles. The van der Waals surface area contributed by atoms with Crippen LogP contribution in [0.15, 0.2) is 47.4 Å². The molecule has 2 aromatic carbocycles. The molecule has 0 atom stereocenters. The highest BCUT2D eigenvalue weighted by molar-refractivity contribution is 7.89. The highest BCUT2D eigenvalue weighted by atomic mass is 32.2. The number of hydrogen-bond donors (Lipinski definition) is 3. The lowest BCUT2D eigenvalue weighted by molar-refractivity contribution is 0.281. The number of hydrogen-bond acceptors (Lipinski definition) is 4. The molecule has 0 unspecified atom stereocenters. The van der Waals surface area contributed by atoms with E-state index in [9.17, 15) is 13.5 Å². The first-order valence-electron chi connectivity index (χ1n) is 8.03. The van der Waals surface area contributed by atoms with Crippen molar-refractivity contribution in [2.75, 3.05) is 11.9 Å². The molecule has 24 heavy (non-hydrogen) atoms. The van der Waals surface area contributed by atoms with Gasteiger partial charge in [0.1, 0.15) is 0 Å². The third kappa shape index (κ3) is 4.80. The smallest absolute Gasteiger partial charge is 0.238 e. The van der Waals surface area contributed by atoms with Crippen molar-refractivity contribution in [3.05, 3.63) is 59.2 Å². The fraction of sp³-hybridized carbons (Fsp3) is 0.333. The van der Waals surface area contributed by atoms with Gasteiger partial charge in [-0.05, 0) is 35.2 Å². The zero-order valence-corrected chi connectivity index (χ0v) is 14.6. The van der Waals surface area contributed by atoms with Crippen LogP contribution in [-0.4, -0.2) is 20.1 Å². The van der Waals surface area contributed by atoms with Gasteiger partial charge in [0.15, 0.2) is 0 Å². The molecule has 2 rings (SSSR count). The molecule has 5 nitrogen and oxygen atoms in total.